The highest BCUT2D eigenvalue weighted by molar-refractivity contribution is 7.89. The second kappa shape index (κ2) is 5.66. The number of sulfonamides is 1. The molecule has 2 aromatic rings. The fourth-order valence-corrected chi connectivity index (χ4v) is 3.55. The molecule has 21 heavy (non-hydrogen) atoms. The van der Waals surface area contributed by atoms with Gasteiger partial charge in [-0.15, -0.1) is 0 Å². The van der Waals surface area contributed by atoms with Crippen molar-refractivity contribution in [2.75, 3.05) is 0 Å². The van der Waals surface area contributed by atoms with Crippen molar-refractivity contribution < 1.29 is 18.3 Å². The highest BCUT2D eigenvalue weighted by Crippen LogP contribution is 2.21. The van der Waals surface area contributed by atoms with Crippen LogP contribution in [0.4, 0.5) is 0 Å². The summed E-state index contributed by atoms with van der Waals surface area (Å²) in [5.74, 6) is -1.40. The summed E-state index contributed by atoms with van der Waals surface area (Å²) in [6.45, 7) is 3.14. The molecule has 0 radical (unpaired) electrons. The van der Waals surface area contributed by atoms with E-state index in [0.717, 1.165) is 5.56 Å². The van der Waals surface area contributed by atoms with Crippen LogP contribution in [0.3, 0.4) is 0 Å². The van der Waals surface area contributed by atoms with Crippen LogP contribution in [0.15, 0.2) is 35.2 Å². The third-order valence-corrected chi connectivity index (χ3v) is 4.69. The topological polar surface area (TPSA) is 112 Å². The number of H-pyrrole nitrogens is 1. The van der Waals surface area contributed by atoms with E-state index in [1.165, 1.54) is 6.92 Å². The van der Waals surface area contributed by atoms with Gasteiger partial charge >= 0.3 is 5.97 Å². The molecule has 0 aliphatic heterocycles. The number of aromatic carboxylic acids is 1. The van der Waals surface area contributed by atoms with Crippen molar-refractivity contribution in [3.63, 3.8) is 0 Å². The molecule has 0 spiro atoms. The Labute approximate surface area is 122 Å². The van der Waals surface area contributed by atoms with Crippen LogP contribution in [0, 0.1) is 6.92 Å². The minimum absolute atomic E-state index is 0.181. The van der Waals surface area contributed by atoms with Gasteiger partial charge in [-0.1, -0.05) is 30.3 Å². The number of benzene rings is 1. The number of carboxylic acid groups (broad SMARTS) is 1. The van der Waals surface area contributed by atoms with Gasteiger partial charge in [-0.05, 0) is 19.4 Å². The number of nitrogens with zero attached hydrogens (tertiary/aromatic N) is 1. The molecular weight excluding hydrogens is 294 g/mol. The van der Waals surface area contributed by atoms with Crippen LogP contribution in [0.2, 0.25) is 0 Å². The molecule has 3 N–H and O–H groups in total. The number of hydrogen-bond donors (Lipinski definition) is 3. The van der Waals surface area contributed by atoms with Gasteiger partial charge in [0, 0.05) is 6.04 Å². The molecule has 7 nitrogen and oxygen atoms in total. The van der Waals surface area contributed by atoms with Crippen LogP contribution < -0.4 is 4.72 Å². The first-order chi connectivity index (χ1) is 9.83. The molecule has 0 aliphatic rings. The highest BCUT2D eigenvalue weighted by atomic mass is 32.2. The summed E-state index contributed by atoms with van der Waals surface area (Å²) in [7, 11) is -4.00. The Morgan fingerprint density at radius 3 is 2.52 bits per heavy atom. The summed E-state index contributed by atoms with van der Waals surface area (Å²) in [5, 5.41) is 14.9. The maximum atomic E-state index is 12.4. The average molecular weight is 309 g/mol. The quantitative estimate of drug-likeness (QED) is 0.774. The molecule has 0 aliphatic carbocycles. The monoisotopic (exact) mass is 309 g/mol. The van der Waals surface area contributed by atoms with Gasteiger partial charge in [0.1, 0.15) is 4.90 Å². The Balaban J connectivity index is 2.36. The smallest absolute Gasteiger partial charge is 0.357 e. The van der Waals surface area contributed by atoms with E-state index in [1.54, 1.807) is 31.2 Å². The van der Waals surface area contributed by atoms with Crippen LogP contribution in [0.1, 0.15) is 34.7 Å². The van der Waals surface area contributed by atoms with Gasteiger partial charge in [0.05, 0.1) is 5.69 Å². The lowest BCUT2D eigenvalue weighted by Gasteiger charge is -2.14. The summed E-state index contributed by atoms with van der Waals surface area (Å²) < 4.78 is 27.2. The molecule has 0 fully saturated rings. The van der Waals surface area contributed by atoms with Crippen molar-refractivity contribution >= 4 is 16.0 Å². The summed E-state index contributed by atoms with van der Waals surface area (Å²) in [6.07, 6.45) is 0. The van der Waals surface area contributed by atoms with Gasteiger partial charge in [-0.3, -0.25) is 5.10 Å². The summed E-state index contributed by atoms with van der Waals surface area (Å²) in [4.78, 5) is 10.7. The Hall–Kier alpha value is -2.19. The van der Waals surface area contributed by atoms with Gasteiger partial charge in [-0.25, -0.2) is 17.9 Å². The fourth-order valence-electron chi connectivity index (χ4n) is 1.99. The van der Waals surface area contributed by atoms with Crippen LogP contribution in [-0.2, 0) is 10.0 Å². The molecule has 0 unspecified atom stereocenters. The van der Waals surface area contributed by atoms with Crippen LogP contribution >= 0.6 is 0 Å². The lowest BCUT2D eigenvalue weighted by atomic mass is 10.1. The molecular formula is C13H15N3O4S. The SMILES string of the molecule is Cc1[nH]nc(C(=O)O)c1S(=O)(=O)N[C@@H](C)c1ccccc1. The van der Waals surface area contributed by atoms with Crippen molar-refractivity contribution in [2.45, 2.75) is 24.8 Å². The Kier molecular flexibility index (Phi) is 4.10. The van der Waals surface area contributed by atoms with Crippen molar-refractivity contribution in [1.82, 2.24) is 14.9 Å². The van der Waals surface area contributed by atoms with E-state index in [-0.39, 0.29) is 10.6 Å². The molecule has 2 rings (SSSR count). The highest BCUT2D eigenvalue weighted by Gasteiger charge is 2.29. The number of aromatic nitrogens is 2. The number of aromatic amines is 1. The predicted octanol–water partition coefficient (Wildman–Crippen LogP) is 1.46. The fraction of sp³-hybridized carbons (Fsp3) is 0.231. The van der Waals surface area contributed by atoms with E-state index >= 15 is 0 Å². The maximum absolute atomic E-state index is 12.4. The average Bonchev–Trinajstić information content (AvgIpc) is 2.82. The second-order valence-corrected chi connectivity index (χ2v) is 6.24. The predicted molar refractivity (Wildman–Crippen MR) is 75.5 cm³/mol. The molecule has 8 heteroatoms. The first-order valence-corrected chi connectivity index (χ1v) is 7.67. The molecule has 0 bridgehead atoms. The van der Waals surface area contributed by atoms with Crippen LogP contribution in [-0.4, -0.2) is 29.7 Å². The minimum atomic E-state index is -4.00. The van der Waals surface area contributed by atoms with Crippen molar-refractivity contribution in [2.24, 2.45) is 0 Å². The van der Waals surface area contributed by atoms with Crippen molar-refractivity contribution in [1.29, 1.82) is 0 Å². The van der Waals surface area contributed by atoms with Gasteiger partial charge in [0.25, 0.3) is 0 Å². The van der Waals surface area contributed by atoms with Crippen molar-refractivity contribution in [3.05, 3.63) is 47.3 Å². The molecule has 112 valence electrons. The van der Waals surface area contributed by atoms with Crippen molar-refractivity contribution in [3.8, 4) is 0 Å². The molecule has 0 saturated heterocycles. The first-order valence-electron chi connectivity index (χ1n) is 6.18. The third kappa shape index (κ3) is 3.11. The molecule has 1 atom stereocenters. The van der Waals surface area contributed by atoms with Gasteiger partial charge in [0.2, 0.25) is 10.0 Å². The number of aryl methyl sites for hydroxylation is 1. The molecule has 0 saturated carbocycles. The van der Waals surface area contributed by atoms with Gasteiger partial charge in [-0.2, -0.15) is 5.10 Å². The van der Waals surface area contributed by atoms with Gasteiger partial charge < -0.3 is 5.11 Å². The van der Waals surface area contributed by atoms with Crippen LogP contribution in [0.25, 0.3) is 0 Å². The zero-order chi connectivity index (χ0) is 15.6. The maximum Gasteiger partial charge on any atom is 0.357 e. The third-order valence-electron chi connectivity index (χ3n) is 2.99. The number of carbonyl (C=O) groups is 1. The lowest BCUT2D eigenvalue weighted by Crippen LogP contribution is -2.28. The normalized spacial score (nSPS) is 13.0. The summed E-state index contributed by atoms with van der Waals surface area (Å²) >= 11 is 0. The number of carboxylic acids is 1. The van der Waals surface area contributed by atoms with E-state index in [1.807, 2.05) is 6.07 Å². The number of rotatable bonds is 5. The second-order valence-electron chi connectivity index (χ2n) is 4.59. The van der Waals surface area contributed by atoms with E-state index in [2.05, 4.69) is 14.9 Å². The molecule has 0 amide bonds. The Bertz CT molecular complexity index is 753. The van der Waals surface area contributed by atoms with E-state index in [9.17, 15) is 13.2 Å². The minimum Gasteiger partial charge on any atom is -0.476 e. The summed E-state index contributed by atoms with van der Waals surface area (Å²) in [6, 6.07) is 8.50. The Morgan fingerprint density at radius 2 is 1.95 bits per heavy atom. The lowest BCUT2D eigenvalue weighted by molar-refractivity contribution is 0.0686. The van der Waals surface area contributed by atoms with E-state index < -0.39 is 27.7 Å². The first kappa shape index (κ1) is 15.2. The molecule has 1 aromatic carbocycles. The van der Waals surface area contributed by atoms with Gasteiger partial charge in [0.15, 0.2) is 5.69 Å². The largest absolute Gasteiger partial charge is 0.476 e. The van der Waals surface area contributed by atoms with Crippen LogP contribution in [0.5, 0.6) is 0 Å². The zero-order valence-corrected chi connectivity index (χ0v) is 12.3. The zero-order valence-electron chi connectivity index (χ0n) is 11.5. The van der Waals surface area contributed by atoms with E-state index in [4.69, 9.17) is 5.11 Å². The van der Waals surface area contributed by atoms with E-state index in [0.29, 0.717) is 0 Å². The summed E-state index contributed by atoms with van der Waals surface area (Å²) in [5.41, 5.74) is 0.444. The molecule has 1 heterocycles. The molecule has 1 aromatic heterocycles. The number of nitrogens with one attached hydrogen (secondary N) is 2. The standard InChI is InChI=1S/C13H15N3O4S/c1-8(10-6-4-3-5-7-10)16-21(19,20)12-9(2)14-15-11(12)13(17)18/h3-8,16H,1-2H3,(H,14,15)(H,17,18)/t8-/m0/s1. The number of hydrogen-bond acceptors (Lipinski definition) is 4. The Morgan fingerprint density at radius 1 is 1.33 bits per heavy atom.